The second-order valence-corrected chi connectivity index (χ2v) is 6.48. The number of carbonyl (C=O) groups excluding carboxylic acids is 1. The third-order valence-corrected chi connectivity index (χ3v) is 4.05. The summed E-state index contributed by atoms with van der Waals surface area (Å²) in [5.41, 5.74) is 0.818. The van der Waals surface area contributed by atoms with Gasteiger partial charge in [0, 0.05) is 22.7 Å². The summed E-state index contributed by atoms with van der Waals surface area (Å²) in [6, 6.07) is 14.6. The lowest BCUT2D eigenvalue weighted by Gasteiger charge is -2.23. The molecule has 2 aromatic rings. The number of aliphatic imine (C=N–C) groups is 1. The third-order valence-electron chi connectivity index (χ3n) is 3.55. The summed E-state index contributed by atoms with van der Waals surface area (Å²) in [5.74, 6) is -0.356. The minimum absolute atomic E-state index is 0.311. The Morgan fingerprint density at radius 2 is 1.62 bits per heavy atom. The van der Waals surface area contributed by atoms with Gasteiger partial charge in [0.25, 0.3) is 0 Å². The summed E-state index contributed by atoms with van der Waals surface area (Å²) >= 11 is 11.8. The Balaban J connectivity index is 2.26. The van der Waals surface area contributed by atoms with Gasteiger partial charge >= 0.3 is 5.97 Å². The molecule has 0 amide bonds. The van der Waals surface area contributed by atoms with Gasteiger partial charge in [0.2, 0.25) is 0 Å². The molecule has 0 heterocycles. The predicted octanol–water partition coefficient (Wildman–Crippen LogP) is 4.98. The minimum Gasteiger partial charge on any atom is -0.464 e. The molecular formula is C19H19Cl2NO2. The van der Waals surface area contributed by atoms with Crippen LogP contribution in [0.1, 0.15) is 25.0 Å². The molecule has 126 valence electrons. The van der Waals surface area contributed by atoms with Crippen LogP contribution in [0.25, 0.3) is 0 Å². The molecule has 1 unspecified atom stereocenters. The van der Waals surface area contributed by atoms with E-state index in [1.807, 2.05) is 24.3 Å². The van der Waals surface area contributed by atoms with Crippen LogP contribution in [0.15, 0.2) is 53.5 Å². The fourth-order valence-electron chi connectivity index (χ4n) is 2.22. The number of carbonyl (C=O) groups is 1. The molecule has 0 aliphatic carbocycles. The molecule has 0 spiro atoms. The van der Waals surface area contributed by atoms with Gasteiger partial charge in [-0.2, -0.15) is 0 Å². The van der Waals surface area contributed by atoms with E-state index in [0.29, 0.717) is 23.1 Å². The zero-order valence-electron chi connectivity index (χ0n) is 13.6. The van der Waals surface area contributed by atoms with Crippen molar-refractivity contribution in [2.45, 2.75) is 25.8 Å². The summed E-state index contributed by atoms with van der Waals surface area (Å²) in [6.45, 7) is 3.86. The number of rotatable bonds is 6. The molecule has 0 saturated heterocycles. The highest BCUT2D eigenvalue weighted by Gasteiger charge is 2.34. The maximum Gasteiger partial charge on any atom is 0.334 e. The summed E-state index contributed by atoms with van der Waals surface area (Å²) < 4.78 is 5.21. The molecule has 0 bridgehead atoms. The van der Waals surface area contributed by atoms with Crippen molar-refractivity contribution in [1.29, 1.82) is 0 Å². The van der Waals surface area contributed by atoms with Gasteiger partial charge in [-0.25, -0.2) is 4.79 Å². The molecule has 0 radical (unpaired) electrons. The fourth-order valence-corrected chi connectivity index (χ4v) is 2.47. The van der Waals surface area contributed by atoms with Gasteiger partial charge in [-0.05, 0) is 49.2 Å². The summed E-state index contributed by atoms with van der Waals surface area (Å²) in [4.78, 5) is 16.9. The maximum atomic E-state index is 12.4. The van der Waals surface area contributed by atoms with Crippen LogP contribution in [0, 0.1) is 0 Å². The van der Waals surface area contributed by atoms with Gasteiger partial charge in [0.15, 0.2) is 5.54 Å². The number of nitrogens with zero attached hydrogens (tertiary/aromatic N) is 1. The Morgan fingerprint density at radius 3 is 2.17 bits per heavy atom. The average molecular weight is 364 g/mol. The number of ether oxygens (including phenoxy) is 1. The molecule has 1 atom stereocenters. The Bertz CT molecular complexity index is 711. The first-order valence-corrected chi connectivity index (χ1v) is 8.41. The molecule has 0 fully saturated rings. The van der Waals surface area contributed by atoms with Crippen LogP contribution < -0.4 is 0 Å². The molecular weight excluding hydrogens is 345 g/mol. The first-order valence-electron chi connectivity index (χ1n) is 7.65. The second-order valence-electron chi connectivity index (χ2n) is 5.61. The van der Waals surface area contributed by atoms with E-state index in [2.05, 4.69) is 4.99 Å². The lowest BCUT2D eigenvalue weighted by Crippen LogP contribution is -2.37. The van der Waals surface area contributed by atoms with Gasteiger partial charge in [-0.3, -0.25) is 4.99 Å². The number of esters is 1. The van der Waals surface area contributed by atoms with E-state index < -0.39 is 5.54 Å². The Kier molecular flexibility index (Phi) is 6.41. The summed E-state index contributed by atoms with van der Waals surface area (Å²) in [6.07, 6.45) is 2.09. The number of hydrogen-bond acceptors (Lipinski definition) is 3. The van der Waals surface area contributed by atoms with Crippen LogP contribution in [-0.4, -0.2) is 24.3 Å². The van der Waals surface area contributed by atoms with Gasteiger partial charge in [-0.1, -0.05) is 47.5 Å². The second kappa shape index (κ2) is 8.32. The van der Waals surface area contributed by atoms with Crippen LogP contribution in [0.3, 0.4) is 0 Å². The SMILES string of the molecule is CCOC(=O)C(C)(Cc1ccc(Cl)cc1)N=Cc1ccc(Cl)cc1. The number of benzene rings is 2. The highest BCUT2D eigenvalue weighted by atomic mass is 35.5. The Hall–Kier alpha value is -1.84. The topological polar surface area (TPSA) is 38.7 Å². The first-order chi connectivity index (χ1) is 11.4. The zero-order chi connectivity index (χ0) is 17.6. The molecule has 0 saturated carbocycles. The Labute approximate surface area is 152 Å². The maximum absolute atomic E-state index is 12.4. The molecule has 0 aromatic heterocycles. The molecule has 5 heteroatoms. The van der Waals surface area contributed by atoms with E-state index in [-0.39, 0.29) is 5.97 Å². The third kappa shape index (κ3) is 5.08. The van der Waals surface area contributed by atoms with E-state index in [9.17, 15) is 4.79 Å². The van der Waals surface area contributed by atoms with Crippen molar-refractivity contribution in [2.24, 2.45) is 4.99 Å². The van der Waals surface area contributed by atoms with Gasteiger partial charge in [0.05, 0.1) is 6.61 Å². The van der Waals surface area contributed by atoms with Gasteiger partial charge in [-0.15, -0.1) is 0 Å². The fraction of sp³-hybridized carbons (Fsp3) is 0.263. The summed E-state index contributed by atoms with van der Waals surface area (Å²) in [7, 11) is 0. The quantitative estimate of drug-likeness (QED) is 0.536. The lowest BCUT2D eigenvalue weighted by atomic mass is 9.93. The largest absolute Gasteiger partial charge is 0.464 e. The van der Waals surface area contributed by atoms with Crippen molar-refractivity contribution in [3.63, 3.8) is 0 Å². The number of hydrogen-bond donors (Lipinski definition) is 0. The normalized spacial score (nSPS) is 13.7. The van der Waals surface area contributed by atoms with Crippen LogP contribution in [0.4, 0.5) is 0 Å². The van der Waals surface area contributed by atoms with E-state index in [0.717, 1.165) is 11.1 Å². The van der Waals surface area contributed by atoms with Crippen LogP contribution >= 0.6 is 23.2 Å². The van der Waals surface area contributed by atoms with Crippen molar-refractivity contribution < 1.29 is 9.53 Å². The predicted molar refractivity (Wildman–Crippen MR) is 99.2 cm³/mol. The van der Waals surface area contributed by atoms with Crippen molar-refractivity contribution in [3.8, 4) is 0 Å². The average Bonchev–Trinajstić information content (AvgIpc) is 2.57. The molecule has 0 aliphatic rings. The lowest BCUT2D eigenvalue weighted by molar-refractivity contribution is -0.148. The van der Waals surface area contributed by atoms with Crippen molar-refractivity contribution in [3.05, 3.63) is 69.7 Å². The first kappa shape index (κ1) is 18.5. The van der Waals surface area contributed by atoms with Crippen LogP contribution in [-0.2, 0) is 16.0 Å². The van der Waals surface area contributed by atoms with Crippen LogP contribution in [0.5, 0.6) is 0 Å². The summed E-state index contributed by atoms with van der Waals surface area (Å²) in [5, 5.41) is 1.31. The van der Waals surface area contributed by atoms with E-state index in [1.165, 1.54) is 0 Å². The number of halogens is 2. The molecule has 2 aromatic carbocycles. The Morgan fingerprint density at radius 1 is 1.08 bits per heavy atom. The van der Waals surface area contributed by atoms with Crippen molar-refractivity contribution in [1.82, 2.24) is 0 Å². The standard InChI is InChI=1S/C19H19Cl2NO2/c1-3-24-18(23)19(2,12-14-4-8-16(20)9-5-14)22-13-15-6-10-17(21)11-7-15/h4-11,13H,3,12H2,1-2H3. The highest BCUT2D eigenvalue weighted by Crippen LogP contribution is 2.22. The van der Waals surface area contributed by atoms with E-state index in [1.54, 1.807) is 44.3 Å². The molecule has 0 N–H and O–H groups in total. The monoisotopic (exact) mass is 363 g/mol. The van der Waals surface area contributed by atoms with E-state index >= 15 is 0 Å². The van der Waals surface area contributed by atoms with Crippen LogP contribution in [0.2, 0.25) is 10.0 Å². The zero-order valence-corrected chi connectivity index (χ0v) is 15.1. The minimum atomic E-state index is -1.01. The molecule has 24 heavy (non-hydrogen) atoms. The highest BCUT2D eigenvalue weighted by molar-refractivity contribution is 6.30. The smallest absolute Gasteiger partial charge is 0.334 e. The molecule has 2 rings (SSSR count). The van der Waals surface area contributed by atoms with Crippen molar-refractivity contribution >= 4 is 35.4 Å². The van der Waals surface area contributed by atoms with Crippen molar-refractivity contribution in [2.75, 3.05) is 6.61 Å². The van der Waals surface area contributed by atoms with Gasteiger partial charge in [0.1, 0.15) is 0 Å². The molecule has 3 nitrogen and oxygen atoms in total. The van der Waals surface area contributed by atoms with Gasteiger partial charge < -0.3 is 4.74 Å². The van der Waals surface area contributed by atoms with E-state index in [4.69, 9.17) is 27.9 Å². The molecule has 0 aliphatic heterocycles.